The van der Waals surface area contributed by atoms with Crippen LogP contribution in [-0.2, 0) is 4.84 Å². The Bertz CT molecular complexity index is 1160. The first-order chi connectivity index (χ1) is 16.4. The molecule has 4 rings (SSSR count). The van der Waals surface area contributed by atoms with Gasteiger partial charge < -0.3 is 20.0 Å². The van der Waals surface area contributed by atoms with Crippen LogP contribution in [0.2, 0.25) is 0 Å². The molecule has 1 amide bonds. The molecule has 1 aliphatic carbocycles. The van der Waals surface area contributed by atoms with Gasteiger partial charge in [-0.1, -0.05) is 18.6 Å². The molecule has 0 aliphatic heterocycles. The highest BCUT2D eigenvalue weighted by molar-refractivity contribution is 5.92. The average molecular weight is 468 g/mol. The lowest BCUT2D eigenvalue weighted by molar-refractivity contribution is -0.744. The topological polar surface area (TPSA) is 113 Å². The van der Waals surface area contributed by atoms with E-state index in [2.05, 4.69) is 20.5 Å². The predicted molar refractivity (Wildman–Crippen MR) is 129 cm³/mol. The summed E-state index contributed by atoms with van der Waals surface area (Å²) in [5.74, 6) is 1.70. The van der Waals surface area contributed by atoms with Crippen molar-refractivity contribution >= 4 is 34.5 Å². The summed E-state index contributed by atoms with van der Waals surface area (Å²) in [5, 5.41) is 7.50. The first-order valence-electron chi connectivity index (χ1n) is 11.5. The molecule has 2 N–H and O–H groups in total. The van der Waals surface area contributed by atoms with Gasteiger partial charge in [0.15, 0.2) is 12.9 Å². The lowest BCUT2D eigenvalue weighted by Gasteiger charge is -2.18. The number of rotatable bonds is 8. The number of aromatic nitrogens is 2. The Morgan fingerprint density at radius 2 is 1.97 bits per heavy atom. The molecule has 10 heteroatoms. The van der Waals surface area contributed by atoms with Gasteiger partial charge in [-0.15, -0.1) is 0 Å². The summed E-state index contributed by atoms with van der Waals surface area (Å²) in [5.41, 5.74) is 0.916. The van der Waals surface area contributed by atoms with Gasteiger partial charge in [0.25, 0.3) is 10.8 Å². The fourth-order valence-electron chi connectivity index (χ4n) is 4.34. The third-order valence-electron chi connectivity index (χ3n) is 6.14. The van der Waals surface area contributed by atoms with E-state index in [1.165, 1.54) is 19.2 Å². The van der Waals surface area contributed by atoms with Crippen molar-refractivity contribution in [3.63, 3.8) is 0 Å². The smallest absolute Gasteiger partial charge is 0.393 e. The van der Waals surface area contributed by atoms with Crippen LogP contribution in [0.4, 0.5) is 17.7 Å². The summed E-state index contributed by atoms with van der Waals surface area (Å²) < 4.78 is 5.29. The van der Waals surface area contributed by atoms with Gasteiger partial charge in [-0.2, -0.15) is 4.98 Å². The molecule has 1 aromatic carbocycles. The summed E-state index contributed by atoms with van der Waals surface area (Å²) in [7, 11) is 5.20. The minimum Gasteiger partial charge on any atom is -0.393 e. The zero-order valence-corrected chi connectivity index (χ0v) is 19.8. The maximum absolute atomic E-state index is 12.5. The van der Waals surface area contributed by atoms with Crippen molar-refractivity contribution in [2.45, 2.75) is 38.1 Å². The zero-order valence-electron chi connectivity index (χ0n) is 19.8. The van der Waals surface area contributed by atoms with E-state index in [1.807, 2.05) is 43.3 Å². The summed E-state index contributed by atoms with van der Waals surface area (Å²) in [6, 6.07) is 11.0. The van der Waals surface area contributed by atoms with Crippen LogP contribution < -0.4 is 15.5 Å². The highest BCUT2D eigenvalue weighted by Gasteiger charge is 2.26. The van der Waals surface area contributed by atoms with Crippen LogP contribution >= 0.6 is 0 Å². The lowest BCUT2D eigenvalue weighted by Crippen LogP contribution is -2.34. The summed E-state index contributed by atoms with van der Waals surface area (Å²) in [4.78, 5) is 40.2. The number of carbonyl (C=O) groups excluding carboxylic acids is 1. The standard InChI is InChI=1S/C24H30N6O4/c1-29(2)22-18-9-4-5-10-19(18)27-24(28-22)25-15-16-7-6-8-17(12-11-16)26-23(31)20-13-14-21(34-20)30(32)33-3/h4-5,9-10,13-14,16-17H,6-8,11-12,15H2,1-3H3,(H-,25,26,27,28,31)/p+1/t16?,17-/m1/s1. The van der Waals surface area contributed by atoms with Gasteiger partial charge in [-0.3, -0.25) is 4.79 Å². The Kier molecular flexibility index (Phi) is 7.24. The number of carbonyl (C=O) groups is 1. The Morgan fingerprint density at radius 3 is 2.76 bits per heavy atom. The number of para-hydroxylation sites is 1. The Hall–Kier alpha value is -3.69. The quantitative estimate of drug-likeness (QED) is 0.377. The second-order valence-corrected chi connectivity index (χ2v) is 8.79. The van der Waals surface area contributed by atoms with E-state index >= 15 is 0 Å². The number of anilines is 2. The summed E-state index contributed by atoms with van der Waals surface area (Å²) in [6.45, 7) is 0.782. The maximum Gasteiger partial charge on any atom is 0.480 e. The Morgan fingerprint density at radius 1 is 1.15 bits per heavy atom. The van der Waals surface area contributed by atoms with E-state index in [4.69, 9.17) is 9.40 Å². The largest absolute Gasteiger partial charge is 0.480 e. The van der Waals surface area contributed by atoms with E-state index < -0.39 is 0 Å². The van der Waals surface area contributed by atoms with E-state index in [9.17, 15) is 9.70 Å². The van der Waals surface area contributed by atoms with Gasteiger partial charge >= 0.3 is 5.88 Å². The molecule has 3 aromatic rings. The van der Waals surface area contributed by atoms with Crippen LogP contribution in [0.5, 0.6) is 0 Å². The molecule has 2 atom stereocenters. The first-order valence-corrected chi connectivity index (χ1v) is 11.5. The average Bonchev–Trinajstić information content (AvgIpc) is 3.24. The molecule has 1 aliphatic rings. The molecule has 180 valence electrons. The molecular weight excluding hydrogens is 436 g/mol. The van der Waals surface area contributed by atoms with Crippen LogP contribution in [-0.4, -0.2) is 54.6 Å². The van der Waals surface area contributed by atoms with Gasteiger partial charge in [0.2, 0.25) is 5.95 Å². The third-order valence-corrected chi connectivity index (χ3v) is 6.14. The van der Waals surface area contributed by atoms with Crippen LogP contribution in [0.1, 0.15) is 42.7 Å². The molecule has 34 heavy (non-hydrogen) atoms. The van der Waals surface area contributed by atoms with E-state index in [0.717, 1.165) is 55.4 Å². The number of fused-ring (bicyclic) bond motifs is 1. The SMILES string of the molecule is CO[N+](=O)c1ccc(C(=O)N[C@@H]2CCCC(CNc3nc(N(C)C)c4ccccc4n3)CC2)o1. The molecular formula is C24H31N6O4+. The minimum absolute atomic E-state index is 0.0620. The molecule has 0 radical (unpaired) electrons. The predicted octanol–water partition coefficient (Wildman–Crippen LogP) is 4.05. The molecule has 2 aromatic heterocycles. The number of nitrogens with one attached hydrogen (secondary N) is 2. The fourth-order valence-corrected chi connectivity index (χ4v) is 4.34. The summed E-state index contributed by atoms with van der Waals surface area (Å²) in [6.07, 6.45) is 4.84. The second-order valence-electron chi connectivity index (χ2n) is 8.79. The highest BCUT2D eigenvalue weighted by Crippen LogP contribution is 2.26. The van der Waals surface area contributed by atoms with Gasteiger partial charge in [0.05, 0.1) is 16.5 Å². The summed E-state index contributed by atoms with van der Waals surface area (Å²) >= 11 is 0. The molecule has 2 heterocycles. The molecule has 0 bridgehead atoms. The number of benzene rings is 1. The van der Waals surface area contributed by atoms with E-state index in [1.54, 1.807) is 0 Å². The van der Waals surface area contributed by atoms with Gasteiger partial charge in [0.1, 0.15) is 5.82 Å². The van der Waals surface area contributed by atoms with E-state index in [0.29, 0.717) is 11.9 Å². The van der Waals surface area contributed by atoms with Crippen LogP contribution in [0, 0.1) is 10.8 Å². The van der Waals surface area contributed by atoms with Crippen molar-refractivity contribution in [2.75, 3.05) is 38.0 Å². The van der Waals surface area contributed by atoms with Crippen molar-refractivity contribution < 1.29 is 19.0 Å². The van der Waals surface area contributed by atoms with Crippen LogP contribution in [0.25, 0.3) is 10.9 Å². The number of nitrogens with zero attached hydrogens (tertiary/aromatic N) is 4. The maximum atomic E-state index is 12.5. The van der Waals surface area contributed by atoms with Gasteiger partial charge in [0, 0.05) is 32.1 Å². The van der Waals surface area contributed by atoms with Crippen molar-refractivity contribution in [3.8, 4) is 0 Å². The fraction of sp³-hybridized carbons (Fsp3) is 0.458. The monoisotopic (exact) mass is 467 g/mol. The zero-order chi connectivity index (χ0) is 24.1. The normalized spacial score (nSPS) is 18.2. The molecule has 10 nitrogen and oxygen atoms in total. The van der Waals surface area contributed by atoms with Crippen molar-refractivity contribution in [2.24, 2.45) is 5.92 Å². The number of amides is 1. The molecule has 1 fully saturated rings. The van der Waals surface area contributed by atoms with Gasteiger partial charge in [-0.05, 0) is 49.8 Å². The molecule has 1 unspecified atom stereocenters. The second kappa shape index (κ2) is 10.5. The highest BCUT2D eigenvalue weighted by atomic mass is 16.8. The van der Waals surface area contributed by atoms with Crippen molar-refractivity contribution in [1.29, 1.82) is 0 Å². The number of hydrogen-bond acceptors (Lipinski definition) is 8. The minimum atomic E-state index is -0.321. The van der Waals surface area contributed by atoms with Crippen molar-refractivity contribution in [1.82, 2.24) is 15.3 Å². The third kappa shape index (κ3) is 5.44. The first kappa shape index (κ1) is 23.5. The molecule has 0 spiro atoms. The molecule has 1 saturated carbocycles. The Labute approximate surface area is 198 Å². The molecule has 0 saturated heterocycles. The van der Waals surface area contributed by atoms with Crippen molar-refractivity contribution in [3.05, 3.63) is 47.1 Å². The lowest BCUT2D eigenvalue weighted by atomic mass is 10.0. The Balaban J connectivity index is 1.32. The van der Waals surface area contributed by atoms with Crippen LogP contribution in [0.15, 0.2) is 40.8 Å². The number of furan rings is 1. The van der Waals surface area contributed by atoms with Gasteiger partial charge in [-0.25, -0.2) is 9.82 Å². The van der Waals surface area contributed by atoms with E-state index in [-0.39, 0.29) is 28.5 Å². The van der Waals surface area contributed by atoms with Crippen LogP contribution in [0.3, 0.4) is 0 Å². The number of hydrogen-bond donors (Lipinski definition) is 2.